The summed E-state index contributed by atoms with van der Waals surface area (Å²) in [6.45, 7) is 0. The maximum absolute atomic E-state index is 11.3. The Bertz CT molecular complexity index is 364. The molecule has 0 amide bonds. The summed E-state index contributed by atoms with van der Waals surface area (Å²) in [4.78, 5) is 10.4. The Labute approximate surface area is 92.5 Å². The minimum atomic E-state index is -2.88. The zero-order chi connectivity index (χ0) is 11.1. The Kier molecular flexibility index (Phi) is 2.72. The SMILES string of the molecule is O=C(O)[C@@H]1CSC2(CCS(=O)(=O)CC2)N1. The summed E-state index contributed by atoms with van der Waals surface area (Å²) in [5, 5.41) is 11.9. The first-order valence-electron chi connectivity index (χ1n) is 4.77. The van der Waals surface area contributed by atoms with Crippen LogP contribution in [0.3, 0.4) is 0 Å². The van der Waals surface area contributed by atoms with E-state index in [-0.39, 0.29) is 16.4 Å². The second-order valence-corrected chi connectivity index (χ2v) is 7.70. The smallest absolute Gasteiger partial charge is 0.321 e. The van der Waals surface area contributed by atoms with Crippen molar-refractivity contribution >= 4 is 27.6 Å². The zero-order valence-electron chi connectivity index (χ0n) is 8.10. The van der Waals surface area contributed by atoms with Crippen LogP contribution in [0, 0.1) is 0 Å². The monoisotopic (exact) mass is 251 g/mol. The van der Waals surface area contributed by atoms with Crippen LogP contribution in [-0.2, 0) is 14.6 Å². The van der Waals surface area contributed by atoms with E-state index < -0.39 is 21.8 Å². The molecule has 2 saturated heterocycles. The molecule has 0 aliphatic carbocycles. The van der Waals surface area contributed by atoms with E-state index >= 15 is 0 Å². The number of sulfone groups is 1. The lowest BCUT2D eigenvalue weighted by atomic mass is 10.1. The predicted octanol–water partition coefficient (Wildman–Crippen LogP) is -0.319. The number of carbonyl (C=O) groups is 1. The van der Waals surface area contributed by atoms with Crippen LogP contribution in [0.1, 0.15) is 12.8 Å². The molecule has 2 N–H and O–H groups in total. The fourth-order valence-electron chi connectivity index (χ4n) is 1.93. The van der Waals surface area contributed by atoms with Gasteiger partial charge >= 0.3 is 5.97 Å². The molecule has 1 spiro atoms. The van der Waals surface area contributed by atoms with Gasteiger partial charge in [-0.05, 0) is 12.8 Å². The highest BCUT2D eigenvalue weighted by Gasteiger charge is 2.45. The van der Waals surface area contributed by atoms with Gasteiger partial charge in [-0.3, -0.25) is 10.1 Å². The Hall–Kier alpha value is -0.270. The van der Waals surface area contributed by atoms with Crippen molar-refractivity contribution in [2.45, 2.75) is 23.8 Å². The minimum Gasteiger partial charge on any atom is -0.480 e. The summed E-state index contributed by atoms with van der Waals surface area (Å²) >= 11 is 1.55. The molecule has 0 saturated carbocycles. The molecular weight excluding hydrogens is 238 g/mol. The van der Waals surface area contributed by atoms with Gasteiger partial charge in [0.25, 0.3) is 0 Å². The lowest BCUT2D eigenvalue weighted by Gasteiger charge is -2.32. The van der Waals surface area contributed by atoms with E-state index in [9.17, 15) is 13.2 Å². The minimum absolute atomic E-state index is 0.166. The highest BCUT2D eigenvalue weighted by atomic mass is 32.2. The molecule has 1 atom stereocenters. The summed E-state index contributed by atoms with van der Waals surface area (Å²) in [6.07, 6.45) is 1.04. The normalized spacial score (nSPS) is 32.9. The molecule has 2 fully saturated rings. The maximum atomic E-state index is 11.3. The maximum Gasteiger partial charge on any atom is 0.321 e. The molecule has 0 aromatic heterocycles. The molecule has 2 heterocycles. The fraction of sp³-hybridized carbons (Fsp3) is 0.875. The first-order chi connectivity index (χ1) is 6.93. The van der Waals surface area contributed by atoms with Crippen LogP contribution >= 0.6 is 11.8 Å². The van der Waals surface area contributed by atoms with Crippen LogP contribution in [0.4, 0.5) is 0 Å². The molecule has 5 nitrogen and oxygen atoms in total. The molecule has 2 rings (SSSR count). The Morgan fingerprint density at radius 3 is 2.47 bits per heavy atom. The van der Waals surface area contributed by atoms with Gasteiger partial charge in [0.1, 0.15) is 6.04 Å². The van der Waals surface area contributed by atoms with Gasteiger partial charge in [-0.25, -0.2) is 8.42 Å². The molecule has 86 valence electrons. The predicted molar refractivity (Wildman–Crippen MR) is 57.6 cm³/mol. The number of rotatable bonds is 1. The summed E-state index contributed by atoms with van der Waals surface area (Å²) in [5.74, 6) is 0.00133. The van der Waals surface area contributed by atoms with Crippen LogP contribution in [0.15, 0.2) is 0 Å². The number of carboxylic acid groups (broad SMARTS) is 1. The Morgan fingerprint density at radius 1 is 1.40 bits per heavy atom. The third-order valence-electron chi connectivity index (χ3n) is 2.90. The van der Waals surface area contributed by atoms with E-state index in [0.29, 0.717) is 18.6 Å². The number of hydrogen-bond donors (Lipinski definition) is 2. The molecule has 0 bridgehead atoms. The highest BCUT2D eigenvalue weighted by Crippen LogP contribution is 2.39. The number of carboxylic acids is 1. The van der Waals surface area contributed by atoms with Gasteiger partial charge in [0.15, 0.2) is 9.84 Å². The fourth-order valence-corrected chi connectivity index (χ4v) is 5.14. The summed E-state index contributed by atoms with van der Waals surface area (Å²) < 4.78 is 22.5. The topological polar surface area (TPSA) is 83.5 Å². The Balaban J connectivity index is 2.04. The first-order valence-corrected chi connectivity index (χ1v) is 7.58. The van der Waals surface area contributed by atoms with Gasteiger partial charge in [-0.2, -0.15) is 0 Å². The first kappa shape index (κ1) is 11.2. The lowest BCUT2D eigenvalue weighted by Crippen LogP contribution is -2.49. The van der Waals surface area contributed by atoms with Gasteiger partial charge in [0, 0.05) is 5.75 Å². The number of hydrogen-bond acceptors (Lipinski definition) is 5. The van der Waals surface area contributed by atoms with Crippen molar-refractivity contribution in [1.82, 2.24) is 5.32 Å². The van der Waals surface area contributed by atoms with Gasteiger partial charge in [0.2, 0.25) is 0 Å². The van der Waals surface area contributed by atoms with E-state index in [4.69, 9.17) is 5.11 Å². The van der Waals surface area contributed by atoms with E-state index in [0.717, 1.165) is 0 Å². The highest BCUT2D eigenvalue weighted by molar-refractivity contribution is 8.01. The van der Waals surface area contributed by atoms with Crippen molar-refractivity contribution in [1.29, 1.82) is 0 Å². The van der Waals surface area contributed by atoms with Gasteiger partial charge in [-0.1, -0.05) is 0 Å². The van der Waals surface area contributed by atoms with Crippen molar-refractivity contribution < 1.29 is 18.3 Å². The second kappa shape index (κ2) is 3.64. The molecule has 2 aliphatic rings. The van der Waals surface area contributed by atoms with Crippen molar-refractivity contribution in [2.75, 3.05) is 17.3 Å². The van der Waals surface area contributed by atoms with Crippen molar-refractivity contribution in [3.63, 3.8) is 0 Å². The quantitative estimate of drug-likeness (QED) is 0.664. The van der Waals surface area contributed by atoms with Gasteiger partial charge in [-0.15, -0.1) is 11.8 Å². The molecule has 0 unspecified atom stereocenters. The average Bonchev–Trinajstić information content (AvgIpc) is 2.56. The molecule has 15 heavy (non-hydrogen) atoms. The largest absolute Gasteiger partial charge is 0.480 e. The molecular formula is C8H13NO4S2. The van der Waals surface area contributed by atoms with Gasteiger partial charge in [0.05, 0.1) is 16.4 Å². The van der Waals surface area contributed by atoms with Crippen LogP contribution < -0.4 is 5.32 Å². The van der Waals surface area contributed by atoms with Crippen molar-refractivity contribution in [2.24, 2.45) is 0 Å². The third kappa shape index (κ3) is 2.29. The lowest BCUT2D eigenvalue weighted by molar-refractivity contribution is -0.138. The summed E-state index contributed by atoms with van der Waals surface area (Å²) in [5.41, 5.74) is 0. The summed E-state index contributed by atoms with van der Waals surface area (Å²) in [7, 11) is -2.88. The number of aliphatic carboxylic acids is 1. The van der Waals surface area contributed by atoms with Crippen molar-refractivity contribution in [3.8, 4) is 0 Å². The van der Waals surface area contributed by atoms with Crippen LogP contribution in [0.25, 0.3) is 0 Å². The van der Waals surface area contributed by atoms with E-state index in [1.54, 1.807) is 11.8 Å². The Morgan fingerprint density at radius 2 is 2.00 bits per heavy atom. The summed E-state index contributed by atoms with van der Waals surface area (Å²) in [6, 6.07) is -0.532. The second-order valence-electron chi connectivity index (χ2n) is 3.99. The number of nitrogens with one attached hydrogen (secondary N) is 1. The molecule has 7 heteroatoms. The molecule has 0 aromatic rings. The van der Waals surface area contributed by atoms with E-state index in [1.165, 1.54) is 0 Å². The zero-order valence-corrected chi connectivity index (χ0v) is 9.73. The van der Waals surface area contributed by atoms with E-state index in [1.807, 2.05) is 0 Å². The number of thioether (sulfide) groups is 1. The average molecular weight is 251 g/mol. The van der Waals surface area contributed by atoms with E-state index in [2.05, 4.69) is 5.32 Å². The van der Waals surface area contributed by atoms with Gasteiger partial charge < -0.3 is 5.11 Å². The molecule has 0 radical (unpaired) electrons. The standard InChI is InChI=1S/C8H13NO4S2/c10-7(11)6-5-14-8(9-6)1-3-15(12,13)4-2-8/h6,9H,1-5H2,(H,10,11)/t6-/m0/s1. The molecule has 0 aromatic carbocycles. The third-order valence-corrected chi connectivity index (χ3v) is 6.13. The molecule has 2 aliphatic heterocycles. The van der Waals surface area contributed by atoms with Crippen LogP contribution in [0.2, 0.25) is 0 Å². The van der Waals surface area contributed by atoms with Crippen LogP contribution in [0.5, 0.6) is 0 Å². The van der Waals surface area contributed by atoms with Crippen molar-refractivity contribution in [3.05, 3.63) is 0 Å². The van der Waals surface area contributed by atoms with Crippen LogP contribution in [-0.4, -0.2) is 47.7 Å².